The maximum absolute atomic E-state index is 12.9. The second-order valence-electron chi connectivity index (χ2n) is 9.38. The number of anilines is 1. The standard InChI is InChI=1S/C25H39N5O3/c1-3-26-11-17-29(18-12-26)24(31)19-27-13-15-28(16-14-27)22-8-6-21(7-9-22)25(32)30-10-4-5-23(30)20-33-2/h6-9,23H,3-5,10-20H2,1-2H3/t23-/m1/s1. The summed E-state index contributed by atoms with van der Waals surface area (Å²) < 4.78 is 5.29. The van der Waals surface area contributed by atoms with Gasteiger partial charge in [-0.3, -0.25) is 14.5 Å². The van der Waals surface area contributed by atoms with Crippen molar-refractivity contribution < 1.29 is 14.3 Å². The van der Waals surface area contributed by atoms with Gasteiger partial charge in [-0.25, -0.2) is 0 Å². The number of ether oxygens (including phenoxy) is 1. The Hall–Kier alpha value is -2.16. The first-order chi connectivity index (χ1) is 16.1. The normalized spacial score (nSPS) is 22.7. The molecule has 0 saturated carbocycles. The molecule has 0 N–H and O–H groups in total. The van der Waals surface area contributed by atoms with E-state index in [9.17, 15) is 9.59 Å². The van der Waals surface area contributed by atoms with E-state index in [1.807, 2.05) is 21.9 Å². The van der Waals surface area contributed by atoms with Crippen LogP contribution in [0.4, 0.5) is 5.69 Å². The number of methoxy groups -OCH3 is 1. The first kappa shape index (κ1) is 24.0. The Labute approximate surface area is 198 Å². The number of rotatable bonds is 7. The topological polar surface area (TPSA) is 59.6 Å². The quantitative estimate of drug-likeness (QED) is 0.614. The summed E-state index contributed by atoms with van der Waals surface area (Å²) in [4.78, 5) is 36.6. The minimum atomic E-state index is 0.101. The summed E-state index contributed by atoms with van der Waals surface area (Å²) in [6, 6.07) is 8.20. The van der Waals surface area contributed by atoms with Gasteiger partial charge in [0, 0.05) is 77.3 Å². The number of likely N-dealkylation sites (tertiary alicyclic amines) is 1. The SMILES string of the molecule is CCN1CCN(C(=O)CN2CCN(c3ccc(C(=O)N4CCC[C@@H]4COC)cc3)CC2)CC1. The molecule has 0 radical (unpaired) electrons. The first-order valence-electron chi connectivity index (χ1n) is 12.5. The number of carbonyl (C=O) groups excluding carboxylic acids is 2. The van der Waals surface area contributed by atoms with E-state index >= 15 is 0 Å². The number of hydrogen-bond donors (Lipinski definition) is 0. The fourth-order valence-corrected chi connectivity index (χ4v) is 5.22. The smallest absolute Gasteiger partial charge is 0.254 e. The minimum Gasteiger partial charge on any atom is -0.383 e. The van der Waals surface area contributed by atoms with Crippen molar-refractivity contribution in [3.63, 3.8) is 0 Å². The van der Waals surface area contributed by atoms with Crippen LogP contribution in [0.25, 0.3) is 0 Å². The molecule has 182 valence electrons. The van der Waals surface area contributed by atoms with E-state index in [0.29, 0.717) is 13.2 Å². The summed E-state index contributed by atoms with van der Waals surface area (Å²) in [5, 5.41) is 0. The van der Waals surface area contributed by atoms with Crippen LogP contribution in [0, 0.1) is 0 Å². The van der Waals surface area contributed by atoms with Crippen LogP contribution in [-0.2, 0) is 9.53 Å². The molecule has 8 heteroatoms. The molecule has 1 atom stereocenters. The van der Waals surface area contributed by atoms with Crippen molar-refractivity contribution in [1.29, 1.82) is 0 Å². The fourth-order valence-electron chi connectivity index (χ4n) is 5.22. The van der Waals surface area contributed by atoms with E-state index in [0.717, 1.165) is 89.5 Å². The summed E-state index contributed by atoms with van der Waals surface area (Å²) in [6.07, 6.45) is 2.05. The maximum atomic E-state index is 12.9. The van der Waals surface area contributed by atoms with Crippen LogP contribution in [0.3, 0.4) is 0 Å². The Kier molecular flexibility index (Phi) is 8.22. The Morgan fingerprint density at radius 1 is 0.909 bits per heavy atom. The number of benzene rings is 1. The summed E-state index contributed by atoms with van der Waals surface area (Å²) in [7, 11) is 1.69. The average molecular weight is 458 g/mol. The van der Waals surface area contributed by atoms with Gasteiger partial charge in [-0.15, -0.1) is 0 Å². The van der Waals surface area contributed by atoms with E-state index in [1.54, 1.807) is 7.11 Å². The zero-order chi connectivity index (χ0) is 23.2. The van der Waals surface area contributed by atoms with Crippen LogP contribution in [0.15, 0.2) is 24.3 Å². The lowest BCUT2D eigenvalue weighted by Crippen LogP contribution is -2.53. The number of carbonyl (C=O) groups is 2. The minimum absolute atomic E-state index is 0.101. The van der Waals surface area contributed by atoms with Gasteiger partial charge in [-0.2, -0.15) is 0 Å². The van der Waals surface area contributed by atoms with Gasteiger partial charge in [0.25, 0.3) is 5.91 Å². The van der Waals surface area contributed by atoms with Gasteiger partial charge in [0.2, 0.25) is 5.91 Å². The van der Waals surface area contributed by atoms with Crippen molar-refractivity contribution in [3.05, 3.63) is 29.8 Å². The van der Waals surface area contributed by atoms with E-state index in [2.05, 4.69) is 33.8 Å². The average Bonchev–Trinajstić information content (AvgIpc) is 3.33. The molecule has 1 aromatic rings. The van der Waals surface area contributed by atoms with E-state index in [4.69, 9.17) is 4.74 Å². The number of piperazine rings is 2. The van der Waals surface area contributed by atoms with Crippen molar-refractivity contribution in [2.75, 3.05) is 90.6 Å². The summed E-state index contributed by atoms with van der Waals surface area (Å²) in [5.74, 6) is 0.361. The van der Waals surface area contributed by atoms with Gasteiger partial charge in [-0.05, 0) is 43.7 Å². The third-order valence-electron chi connectivity index (χ3n) is 7.38. The van der Waals surface area contributed by atoms with Crippen LogP contribution in [0.5, 0.6) is 0 Å². The van der Waals surface area contributed by atoms with Crippen molar-refractivity contribution in [3.8, 4) is 0 Å². The summed E-state index contributed by atoms with van der Waals surface area (Å²) >= 11 is 0. The monoisotopic (exact) mass is 457 g/mol. The highest BCUT2D eigenvalue weighted by atomic mass is 16.5. The second-order valence-corrected chi connectivity index (χ2v) is 9.38. The molecule has 0 bridgehead atoms. The van der Waals surface area contributed by atoms with Crippen molar-refractivity contribution in [2.24, 2.45) is 0 Å². The summed E-state index contributed by atoms with van der Waals surface area (Å²) in [5.41, 5.74) is 1.89. The molecule has 0 aliphatic carbocycles. The van der Waals surface area contributed by atoms with Crippen LogP contribution in [0.1, 0.15) is 30.1 Å². The molecule has 8 nitrogen and oxygen atoms in total. The van der Waals surface area contributed by atoms with Gasteiger partial charge >= 0.3 is 0 Å². The van der Waals surface area contributed by atoms with E-state index in [1.165, 1.54) is 0 Å². The molecule has 4 rings (SSSR count). The van der Waals surface area contributed by atoms with Gasteiger partial charge in [0.05, 0.1) is 19.2 Å². The van der Waals surface area contributed by atoms with Crippen LogP contribution >= 0.6 is 0 Å². The molecule has 0 aromatic heterocycles. The zero-order valence-electron chi connectivity index (χ0n) is 20.2. The third-order valence-corrected chi connectivity index (χ3v) is 7.38. The molecule has 3 aliphatic heterocycles. The molecule has 3 aliphatic rings. The Morgan fingerprint density at radius 3 is 2.21 bits per heavy atom. The molecular weight excluding hydrogens is 418 g/mol. The van der Waals surface area contributed by atoms with E-state index in [-0.39, 0.29) is 17.9 Å². The Bertz CT molecular complexity index is 786. The lowest BCUT2D eigenvalue weighted by Gasteiger charge is -2.38. The predicted molar refractivity (Wildman–Crippen MR) is 130 cm³/mol. The van der Waals surface area contributed by atoms with E-state index < -0.39 is 0 Å². The molecule has 3 heterocycles. The summed E-state index contributed by atoms with van der Waals surface area (Å²) in [6.45, 7) is 12.4. The van der Waals surface area contributed by atoms with Crippen LogP contribution in [0.2, 0.25) is 0 Å². The van der Waals surface area contributed by atoms with Gasteiger partial charge in [-0.1, -0.05) is 6.92 Å². The van der Waals surface area contributed by atoms with Crippen LogP contribution < -0.4 is 4.90 Å². The van der Waals surface area contributed by atoms with Crippen molar-refractivity contribution in [2.45, 2.75) is 25.8 Å². The van der Waals surface area contributed by atoms with Crippen molar-refractivity contribution >= 4 is 17.5 Å². The van der Waals surface area contributed by atoms with Crippen LogP contribution in [-0.4, -0.2) is 123 Å². The molecule has 33 heavy (non-hydrogen) atoms. The Balaban J connectivity index is 1.24. The molecular formula is C25H39N5O3. The highest BCUT2D eigenvalue weighted by molar-refractivity contribution is 5.95. The fraction of sp³-hybridized carbons (Fsp3) is 0.680. The number of likely N-dealkylation sites (N-methyl/N-ethyl adjacent to an activating group) is 1. The lowest BCUT2D eigenvalue weighted by atomic mass is 10.1. The third kappa shape index (κ3) is 5.86. The molecule has 0 spiro atoms. The first-order valence-corrected chi connectivity index (χ1v) is 12.5. The number of amides is 2. The van der Waals surface area contributed by atoms with Gasteiger partial charge in [0.15, 0.2) is 0 Å². The molecule has 3 saturated heterocycles. The lowest BCUT2D eigenvalue weighted by molar-refractivity contribution is -0.134. The zero-order valence-corrected chi connectivity index (χ0v) is 20.2. The van der Waals surface area contributed by atoms with Gasteiger partial charge < -0.3 is 24.3 Å². The second kappa shape index (κ2) is 11.3. The molecule has 3 fully saturated rings. The maximum Gasteiger partial charge on any atom is 0.254 e. The molecule has 1 aromatic carbocycles. The number of hydrogen-bond acceptors (Lipinski definition) is 6. The molecule has 2 amide bonds. The predicted octanol–water partition coefficient (Wildman–Crippen LogP) is 1.22. The largest absolute Gasteiger partial charge is 0.383 e. The highest BCUT2D eigenvalue weighted by Crippen LogP contribution is 2.23. The van der Waals surface area contributed by atoms with Crippen molar-refractivity contribution in [1.82, 2.24) is 19.6 Å². The number of nitrogens with zero attached hydrogens (tertiary/aromatic N) is 5. The van der Waals surface area contributed by atoms with Gasteiger partial charge in [0.1, 0.15) is 0 Å². The Morgan fingerprint density at radius 2 is 1.58 bits per heavy atom. The molecule has 0 unspecified atom stereocenters. The highest BCUT2D eigenvalue weighted by Gasteiger charge is 2.29.